The summed E-state index contributed by atoms with van der Waals surface area (Å²) in [6, 6.07) is -0.706. The fourth-order valence-electron chi connectivity index (χ4n) is 8.13. The van der Waals surface area contributed by atoms with Gasteiger partial charge in [0.25, 0.3) is 0 Å². The molecule has 0 saturated carbocycles. The molecular weight excluding hydrogens is 767 g/mol. The predicted octanol–water partition coefficient (Wildman–Crippen LogP) is 16.2. The minimum Gasteiger partial charge on any atom is -0.462 e. The number of unbranched alkanes of at least 4 members (excludes halogenated alkanes) is 28. The minimum absolute atomic E-state index is 0.0675. The third-order valence-electron chi connectivity index (χ3n) is 12.2. The van der Waals surface area contributed by atoms with Gasteiger partial charge in [0.15, 0.2) is 0 Å². The normalized spacial score (nSPS) is 13.6. The molecule has 362 valence electrons. The van der Waals surface area contributed by atoms with E-state index < -0.39 is 18.2 Å². The van der Waals surface area contributed by atoms with Gasteiger partial charge in [-0.05, 0) is 64.2 Å². The minimum atomic E-state index is -0.791. The topological polar surface area (TPSA) is 95.9 Å². The SMILES string of the molecule is CC/C=C/C/C=C/C/C=C/C/C=C/CCCCCC(=O)OC(CCCCCCCCCCCCCCCCC)CC(=O)NC(CO)C(O)CCCCCCCCCCCCCC. The van der Waals surface area contributed by atoms with Crippen LogP contribution in [0.1, 0.15) is 271 Å². The molecule has 0 heterocycles. The maximum absolute atomic E-state index is 13.2. The summed E-state index contributed by atoms with van der Waals surface area (Å²) in [6.45, 7) is 6.38. The first-order valence-corrected chi connectivity index (χ1v) is 26.9. The van der Waals surface area contributed by atoms with Crippen LogP contribution in [0.5, 0.6) is 0 Å². The Balaban J connectivity index is 4.61. The monoisotopic (exact) mass is 870 g/mol. The fraction of sp³-hybridized carbons (Fsp3) is 0.821. The lowest BCUT2D eigenvalue weighted by atomic mass is 10.0. The first-order chi connectivity index (χ1) is 30.5. The Morgan fingerprint density at radius 3 is 1.31 bits per heavy atom. The van der Waals surface area contributed by atoms with Gasteiger partial charge in [-0.25, -0.2) is 0 Å². The first-order valence-electron chi connectivity index (χ1n) is 26.9. The van der Waals surface area contributed by atoms with Crippen LogP contribution < -0.4 is 5.32 Å². The smallest absolute Gasteiger partial charge is 0.306 e. The Kier molecular flexibility index (Phi) is 48.1. The molecule has 6 nitrogen and oxygen atoms in total. The van der Waals surface area contributed by atoms with E-state index in [9.17, 15) is 19.8 Å². The molecule has 0 spiro atoms. The molecule has 0 aromatic carbocycles. The van der Waals surface area contributed by atoms with Gasteiger partial charge in [-0.15, -0.1) is 0 Å². The quantitative estimate of drug-likeness (QED) is 0.0322. The molecule has 0 radical (unpaired) electrons. The van der Waals surface area contributed by atoms with E-state index in [0.717, 1.165) is 83.5 Å². The standard InChI is InChI=1S/C56H103NO5/c1-4-7-10-13-16-19-22-25-27-29-31-34-37-40-43-46-49-56(61)62-52(47-44-41-38-35-32-30-28-26-23-20-17-14-11-8-5-2)50-55(60)57-53(51-58)54(59)48-45-42-39-36-33-24-21-18-15-12-9-6-3/h7,10,16,19,25,27,31,34,52-54,58-59H,4-6,8-9,11-15,17-18,20-24,26,28-30,32-33,35-51H2,1-3H3,(H,57,60)/b10-7+,19-16+,27-25+,34-31+. The Labute approximate surface area is 385 Å². The van der Waals surface area contributed by atoms with Crippen molar-refractivity contribution >= 4 is 11.9 Å². The molecule has 3 atom stereocenters. The number of esters is 1. The van der Waals surface area contributed by atoms with Gasteiger partial charge in [0.2, 0.25) is 5.91 Å². The van der Waals surface area contributed by atoms with Crippen LogP contribution in [0.25, 0.3) is 0 Å². The third-order valence-corrected chi connectivity index (χ3v) is 12.2. The zero-order valence-corrected chi connectivity index (χ0v) is 41.3. The zero-order chi connectivity index (χ0) is 45.2. The summed E-state index contributed by atoms with van der Waals surface area (Å²) in [5, 5.41) is 23.8. The summed E-state index contributed by atoms with van der Waals surface area (Å²) in [7, 11) is 0. The van der Waals surface area contributed by atoms with Gasteiger partial charge in [0.05, 0.1) is 25.2 Å². The van der Waals surface area contributed by atoms with E-state index in [1.807, 2.05) is 0 Å². The number of hydrogen-bond acceptors (Lipinski definition) is 5. The Morgan fingerprint density at radius 2 is 0.871 bits per heavy atom. The van der Waals surface area contributed by atoms with Gasteiger partial charge in [-0.3, -0.25) is 9.59 Å². The van der Waals surface area contributed by atoms with Crippen LogP contribution in [0.15, 0.2) is 48.6 Å². The average Bonchev–Trinajstić information content (AvgIpc) is 3.26. The predicted molar refractivity (Wildman–Crippen MR) is 269 cm³/mol. The number of amides is 1. The highest BCUT2D eigenvalue weighted by Gasteiger charge is 2.24. The molecule has 0 aliphatic carbocycles. The molecule has 1 amide bonds. The van der Waals surface area contributed by atoms with E-state index in [1.165, 1.54) is 141 Å². The van der Waals surface area contributed by atoms with E-state index >= 15 is 0 Å². The lowest BCUT2D eigenvalue weighted by molar-refractivity contribution is -0.151. The van der Waals surface area contributed by atoms with Crippen molar-refractivity contribution in [2.45, 2.75) is 289 Å². The highest BCUT2D eigenvalue weighted by molar-refractivity contribution is 5.77. The molecular formula is C56H103NO5. The van der Waals surface area contributed by atoms with Crippen molar-refractivity contribution < 1.29 is 24.5 Å². The molecule has 0 aliphatic rings. The van der Waals surface area contributed by atoms with E-state index in [1.54, 1.807) is 0 Å². The number of ether oxygens (including phenoxy) is 1. The van der Waals surface area contributed by atoms with Crippen molar-refractivity contribution in [1.29, 1.82) is 0 Å². The van der Waals surface area contributed by atoms with Gasteiger partial charge in [-0.1, -0.05) is 243 Å². The number of aliphatic hydroxyl groups is 2. The van der Waals surface area contributed by atoms with Crippen LogP contribution >= 0.6 is 0 Å². The second-order valence-corrected chi connectivity index (χ2v) is 18.3. The van der Waals surface area contributed by atoms with Crippen molar-refractivity contribution in [3.63, 3.8) is 0 Å². The molecule has 0 aromatic rings. The Bertz CT molecular complexity index is 1070. The molecule has 0 saturated heterocycles. The largest absolute Gasteiger partial charge is 0.462 e. The van der Waals surface area contributed by atoms with Crippen LogP contribution in [0.2, 0.25) is 0 Å². The van der Waals surface area contributed by atoms with Gasteiger partial charge >= 0.3 is 5.97 Å². The maximum Gasteiger partial charge on any atom is 0.306 e. The molecule has 3 N–H and O–H groups in total. The number of aliphatic hydroxyl groups excluding tert-OH is 2. The highest BCUT2D eigenvalue weighted by atomic mass is 16.5. The number of nitrogens with one attached hydrogen (secondary N) is 1. The third kappa shape index (κ3) is 44.4. The highest BCUT2D eigenvalue weighted by Crippen LogP contribution is 2.18. The fourth-order valence-corrected chi connectivity index (χ4v) is 8.13. The van der Waals surface area contributed by atoms with Crippen LogP contribution in [-0.4, -0.2) is 46.9 Å². The number of carbonyl (C=O) groups excluding carboxylic acids is 2. The number of carbonyl (C=O) groups is 2. The number of rotatable bonds is 48. The molecule has 62 heavy (non-hydrogen) atoms. The van der Waals surface area contributed by atoms with E-state index in [2.05, 4.69) is 74.7 Å². The zero-order valence-electron chi connectivity index (χ0n) is 41.3. The van der Waals surface area contributed by atoms with Crippen molar-refractivity contribution in [3.05, 3.63) is 48.6 Å². The van der Waals surface area contributed by atoms with Crippen molar-refractivity contribution in [3.8, 4) is 0 Å². The van der Waals surface area contributed by atoms with Crippen molar-refractivity contribution in [2.75, 3.05) is 6.61 Å². The molecule has 0 bridgehead atoms. The molecule has 6 heteroatoms. The second kappa shape index (κ2) is 49.8. The van der Waals surface area contributed by atoms with E-state index in [0.29, 0.717) is 19.3 Å². The second-order valence-electron chi connectivity index (χ2n) is 18.3. The lowest BCUT2D eigenvalue weighted by Gasteiger charge is -2.24. The molecule has 0 aromatic heterocycles. The van der Waals surface area contributed by atoms with Crippen molar-refractivity contribution in [1.82, 2.24) is 5.32 Å². The van der Waals surface area contributed by atoms with Gasteiger partial charge in [-0.2, -0.15) is 0 Å². The maximum atomic E-state index is 13.2. The van der Waals surface area contributed by atoms with Gasteiger partial charge < -0.3 is 20.3 Å². The summed E-state index contributed by atoms with van der Waals surface area (Å²) in [4.78, 5) is 26.2. The Hall–Kier alpha value is -2.18. The van der Waals surface area contributed by atoms with Crippen LogP contribution in [0, 0.1) is 0 Å². The summed E-state index contributed by atoms with van der Waals surface area (Å²) < 4.78 is 5.93. The van der Waals surface area contributed by atoms with Crippen molar-refractivity contribution in [2.24, 2.45) is 0 Å². The summed E-state index contributed by atoms with van der Waals surface area (Å²) in [6.07, 6.45) is 60.3. The van der Waals surface area contributed by atoms with E-state index in [4.69, 9.17) is 4.74 Å². The average molecular weight is 870 g/mol. The molecule has 0 aliphatic heterocycles. The first kappa shape index (κ1) is 59.8. The van der Waals surface area contributed by atoms with Gasteiger partial charge in [0.1, 0.15) is 6.10 Å². The number of allylic oxidation sites excluding steroid dienone is 8. The lowest BCUT2D eigenvalue weighted by Crippen LogP contribution is -2.46. The summed E-state index contributed by atoms with van der Waals surface area (Å²) >= 11 is 0. The summed E-state index contributed by atoms with van der Waals surface area (Å²) in [5.74, 6) is -0.500. The van der Waals surface area contributed by atoms with Crippen LogP contribution in [0.4, 0.5) is 0 Å². The van der Waals surface area contributed by atoms with Crippen LogP contribution in [0.3, 0.4) is 0 Å². The summed E-state index contributed by atoms with van der Waals surface area (Å²) in [5.41, 5.74) is 0. The Morgan fingerprint density at radius 1 is 0.484 bits per heavy atom. The van der Waals surface area contributed by atoms with E-state index in [-0.39, 0.29) is 24.9 Å². The molecule has 3 unspecified atom stereocenters. The molecule has 0 fully saturated rings. The number of hydrogen-bond donors (Lipinski definition) is 3. The van der Waals surface area contributed by atoms with Gasteiger partial charge in [0, 0.05) is 6.42 Å². The molecule has 0 rings (SSSR count). The van der Waals surface area contributed by atoms with Crippen LogP contribution in [-0.2, 0) is 14.3 Å².